The van der Waals surface area contributed by atoms with Crippen molar-refractivity contribution in [3.63, 3.8) is 0 Å². The van der Waals surface area contributed by atoms with Crippen molar-refractivity contribution < 1.29 is 14.6 Å². The SMILES string of the molecule is CC1(C)C(NC(=O)c2cnc(N3CC(N4CC5(CCC(O)CC5)C4)C3)nc2)C(C)(C)C1Oc1ccc(C#N)c(Cl)c1. The van der Waals surface area contributed by atoms with Crippen LogP contribution in [0.5, 0.6) is 5.75 Å². The Morgan fingerprint density at radius 2 is 1.76 bits per heavy atom. The summed E-state index contributed by atoms with van der Waals surface area (Å²) in [5, 5.41) is 22.5. The number of benzene rings is 1. The largest absolute Gasteiger partial charge is 0.489 e. The van der Waals surface area contributed by atoms with Crippen LogP contribution in [0.4, 0.5) is 5.95 Å². The molecule has 2 saturated heterocycles. The second-order valence-electron chi connectivity index (χ2n) is 13.8. The molecule has 2 aromatic rings. The molecule has 4 fully saturated rings. The van der Waals surface area contributed by atoms with Crippen molar-refractivity contribution in [2.24, 2.45) is 16.2 Å². The molecule has 4 aliphatic rings. The Labute approximate surface area is 246 Å². The predicted octanol–water partition coefficient (Wildman–Crippen LogP) is 4.04. The van der Waals surface area contributed by atoms with E-state index in [9.17, 15) is 9.90 Å². The second kappa shape index (κ2) is 10.1. The molecule has 0 atom stereocenters. The molecule has 2 saturated carbocycles. The summed E-state index contributed by atoms with van der Waals surface area (Å²) in [6, 6.07) is 7.53. The van der Waals surface area contributed by atoms with E-state index < -0.39 is 0 Å². The van der Waals surface area contributed by atoms with Gasteiger partial charge in [0.05, 0.1) is 22.3 Å². The van der Waals surface area contributed by atoms with Crippen LogP contribution < -0.4 is 15.0 Å². The number of ether oxygens (including phenoxy) is 1. The van der Waals surface area contributed by atoms with Crippen molar-refractivity contribution in [1.29, 1.82) is 5.26 Å². The number of aliphatic hydroxyl groups excluding tert-OH is 1. The molecule has 0 radical (unpaired) electrons. The van der Waals surface area contributed by atoms with E-state index >= 15 is 0 Å². The third kappa shape index (κ3) is 4.94. The predicted molar refractivity (Wildman–Crippen MR) is 156 cm³/mol. The number of nitrogens with zero attached hydrogens (tertiary/aromatic N) is 5. The number of rotatable bonds is 6. The third-order valence-electron chi connectivity index (χ3n) is 10.1. The van der Waals surface area contributed by atoms with Gasteiger partial charge in [-0.05, 0) is 43.2 Å². The number of amides is 1. The monoisotopic (exact) mass is 578 g/mol. The van der Waals surface area contributed by atoms with Crippen LogP contribution in [0.1, 0.15) is 69.3 Å². The van der Waals surface area contributed by atoms with E-state index in [1.807, 2.05) is 0 Å². The molecule has 218 valence electrons. The van der Waals surface area contributed by atoms with Crippen molar-refractivity contribution in [1.82, 2.24) is 20.2 Å². The van der Waals surface area contributed by atoms with Gasteiger partial charge in [0, 0.05) is 67.6 Å². The van der Waals surface area contributed by atoms with Crippen LogP contribution in [-0.4, -0.2) is 76.4 Å². The highest BCUT2D eigenvalue weighted by atomic mass is 35.5. The summed E-state index contributed by atoms with van der Waals surface area (Å²) in [4.78, 5) is 27.0. The normalized spacial score (nSPS) is 26.8. The summed E-state index contributed by atoms with van der Waals surface area (Å²) in [7, 11) is 0. The van der Waals surface area contributed by atoms with E-state index in [-0.39, 0.29) is 35.0 Å². The van der Waals surface area contributed by atoms with Gasteiger partial charge < -0.3 is 20.1 Å². The van der Waals surface area contributed by atoms with E-state index in [1.54, 1.807) is 30.6 Å². The van der Waals surface area contributed by atoms with E-state index in [4.69, 9.17) is 21.6 Å². The average molecular weight is 579 g/mol. The first kappa shape index (κ1) is 28.2. The molecular weight excluding hydrogens is 540 g/mol. The fourth-order valence-corrected chi connectivity index (χ4v) is 8.08. The van der Waals surface area contributed by atoms with Crippen molar-refractivity contribution in [3.8, 4) is 11.8 Å². The first-order valence-electron chi connectivity index (χ1n) is 14.6. The molecule has 1 aromatic carbocycles. The zero-order valence-corrected chi connectivity index (χ0v) is 25.0. The minimum absolute atomic E-state index is 0.103. The van der Waals surface area contributed by atoms with Gasteiger partial charge in [0.25, 0.3) is 5.91 Å². The van der Waals surface area contributed by atoms with Crippen LogP contribution in [0, 0.1) is 27.6 Å². The number of carbonyl (C=O) groups is 1. The lowest BCUT2D eigenvalue weighted by molar-refractivity contribution is -0.164. The van der Waals surface area contributed by atoms with Gasteiger partial charge in [-0.15, -0.1) is 0 Å². The highest BCUT2D eigenvalue weighted by molar-refractivity contribution is 6.31. The molecule has 3 heterocycles. The number of likely N-dealkylation sites (tertiary alicyclic amines) is 1. The lowest BCUT2D eigenvalue weighted by Crippen LogP contribution is -2.74. The quantitative estimate of drug-likeness (QED) is 0.528. The van der Waals surface area contributed by atoms with Crippen LogP contribution >= 0.6 is 11.6 Å². The maximum absolute atomic E-state index is 13.2. The van der Waals surface area contributed by atoms with Crippen molar-refractivity contribution in [2.75, 3.05) is 31.1 Å². The molecule has 0 unspecified atom stereocenters. The van der Waals surface area contributed by atoms with E-state index in [0.29, 0.717) is 39.3 Å². The van der Waals surface area contributed by atoms with Crippen LogP contribution in [0.3, 0.4) is 0 Å². The molecule has 2 aliphatic heterocycles. The summed E-state index contributed by atoms with van der Waals surface area (Å²) in [6.07, 6.45) is 7.12. The average Bonchev–Trinajstić information content (AvgIpc) is 2.89. The standard InChI is InChI=1S/C31H39ClN6O3/c1-29(2)26(30(3,4)27(29)41-23-6-5-19(12-33)24(32)11-23)36-25(40)20-13-34-28(35-14-20)37-15-21(16-37)38-17-31(18-38)9-7-22(39)8-10-31/h5-6,11,13-14,21-22,26-27,39H,7-10,15-18H2,1-4H3,(H,36,40). The number of nitriles is 1. The zero-order chi connectivity index (χ0) is 29.2. The number of aromatic nitrogens is 2. The van der Waals surface area contributed by atoms with Gasteiger partial charge in [-0.3, -0.25) is 9.69 Å². The molecular formula is C31H39ClN6O3. The Hall–Kier alpha value is -2.93. The Morgan fingerprint density at radius 1 is 1.12 bits per heavy atom. The number of carbonyl (C=O) groups excluding carboxylic acids is 1. The third-order valence-corrected chi connectivity index (χ3v) is 10.4. The van der Waals surface area contributed by atoms with E-state index in [2.05, 4.69) is 58.8 Å². The maximum atomic E-state index is 13.2. The van der Waals surface area contributed by atoms with Crippen LogP contribution in [0.15, 0.2) is 30.6 Å². The van der Waals surface area contributed by atoms with Crippen molar-refractivity contribution in [2.45, 2.75) is 77.7 Å². The van der Waals surface area contributed by atoms with Crippen LogP contribution in [0.25, 0.3) is 0 Å². The Balaban J connectivity index is 1.01. The summed E-state index contributed by atoms with van der Waals surface area (Å²) in [6.45, 7) is 12.4. The smallest absolute Gasteiger partial charge is 0.254 e. The molecule has 9 nitrogen and oxygen atoms in total. The van der Waals surface area contributed by atoms with Gasteiger partial charge >= 0.3 is 0 Å². The number of anilines is 1. The minimum atomic E-state index is -0.347. The number of nitrogens with one attached hydrogen (secondary N) is 1. The number of halogens is 1. The van der Waals surface area contributed by atoms with Crippen LogP contribution in [-0.2, 0) is 0 Å². The molecule has 1 spiro atoms. The summed E-state index contributed by atoms with van der Waals surface area (Å²) < 4.78 is 6.33. The van der Waals surface area contributed by atoms with Gasteiger partial charge in [0.15, 0.2) is 0 Å². The van der Waals surface area contributed by atoms with E-state index in [1.165, 1.54) is 0 Å². The van der Waals surface area contributed by atoms with Gasteiger partial charge in [-0.1, -0.05) is 39.3 Å². The van der Waals surface area contributed by atoms with Gasteiger partial charge in [-0.2, -0.15) is 5.26 Å². The maximum Gasteiger partial charge on any atom is 0.254 e. The number of aliphatic hydroxyl groups is 1. The molecule has 41 heavy (non-hydrogen) atoms. The zero-order valence-electron chi connectivity index (χ0n) is 24.2. The molecule has 0 bridgehead atoms. The number of hydrogen-bond donors (Lipinski definition) is 2. The number of hydrogen-bond acceptors (Lipinski definition) is 8. The molecule has 2 N–H and O–H groups in total. The molecule has 2 aliphatic carbocycles. The van der Waals surface area contributed by atoms with Gasteiger partial charge in [0.2, 0.25) is 5.95 Å². The van der Waals surface area contributed by atoms with Gasteiger partial charge in [-0.25, -0.2) is 9.97 Å². The first-order valence-corrected chi connectivity index (χ1v) is 15.0. The van der Waals surface area contributed by atoms with Crippen LogP contribution in [0.2, 0.25) is 5.02 Å². The highest BCUT2D eigenvalue weighted by Crippen LogP contribution is 2.55. The van der Waals surface area contributed by atoms with Crippen molar-refractivity contribution >= 4 is 23.5 Å². The molecule has 1 amide bonds. The summed E-state index contributed by atoms with van der Waals surface area (Å²) >= 11 is 6.20. The highest BCUT2D eigenvalue weighted by Gasteiger charge is 2.64. The molecule has 6 rings (SSSR count). The van der Waals surface area contributed by atoms with Gasteiger partial charge in [0.1, 0.15) is 17.9 Å². The minimum Gasteiger partial charge on any atom is -0.489 e. The Morgan fingerprint density at radius 3 is 2.34 bits per heavy atom. The fraction of sp³-hybridized carbons (Fsp3) is 0.613. The summed E-state index contributed by atoms with van der Waals surface area (Å²) in [5.74, 6) is 1.06. The molecule has 10 heteroatoms. The van der Waals surface area contributed by atoms with E-state index in [0.717, 1.165) is 51.9 Å². The first-order chi connectivity index (χ1) is 19.4. The lowest BCUT2D eigenvalue weighted by atomic mass is 9.49. The lowest BCUT2D eigenvalue weighted by Gasteiger charge is -2.63. The fourth-order valence-electron chi connectivity index (χ4n) is 7.87. The molecule has 1 aromatic heterocycles. The summed E-state index contributed by atoms with van der Waals surface area (Å²) in [5.41, 5.74) is 0.576. The second-order valence-corrected chi connectivity index (χ2v) is 14.2. The Kier molecular flexibility index (Phi) is 6.95. The Bertz CT molecular complexity index is 1330. The van der Waals surface area contributed by atoms with Crippen molar-refractivity contribution in [3.05, 3.63) is 46.7 Å². The topological polar surface area (TPSA) is 115 Å².